The van der Waals surface area contributed by atoms with Crippen molar-refractivity contribution in [1.29, 1.82) is 0 Å². The van der Waals surface area contributed by atoms with Gasteiger partial charge in [0.1, 0.15) is 0 Å². The standard InChI is InChI=1S/C11H20N4O2/c1-11(2)6-8(4-5-16-11)13-10-15-14-9(17-10)7-12-3/h8,12H,4-7H2,1-3H3,(H,13,15). The first kappa shape index (κ1) is 12.3. The third-order valence-corrected chi connectivity index (χ3v) is 2.82. The molecule has 0 aromatic carbocycles. The summed E-state index contributed by atoms with van der Waals surface area (Å²) in [6.07, 6.45) is 1.91. The lowest BCUT2D eigenvalue weighted by molar-refractivity contribution is -0.0555. The summed E-state index contributed by atoms with van der Waals surface area (Å²) in [7, 11) is 1.85. The minimum atomic E-state index is -0.0796. The zero-order chi connectivity index (χ0) is 12.3. The molecule has 96 valence electrons. The van der Waals surface area contributed by atoms with E-state index in [0.717, 1.165) is 19.4 Å². The van der Waals surface area contributed by atoms with Crippen LogP contribution in [-0.4, -0.2) is 35.5 Å². The number of hydrogen-bond donors (Lipinski definition) is 2. The molecular formula is C11H20N4O2. The fraction of sp³-hybridized carbons (Fsp3) is 0.818. The Morgan fingerprint density at radius 1 is 1.41 bits per heavy atom. The molecule has 0 spiro atoms. The summed E-state index contributed by atoms with van der Waals surface area (Å²) >= 11 is 0. The number of anilines is 1. The van der Waals surface area contributed by atoms with E-state index < -0.39 is 0 Å². The van der Waals surface area contributed by atoms with Crippen LogP contribution in [0.1, 0.15) is 32.6 Å². The summed E-state index contributed by atoms with van der Waals surface area (Å²) in [6.45, 7) is 5.55. The minimum Gasteiger partial charge on any atom is -0.407 e. The first-order valence-corrected chi connectivity index (χ1v) is 5.96. The average Bonchev–Trinajstić information content (AvgIpc) is 2.64. The van der Waals surface area contributed by atoms with Gasteiger partial charge in [0.05, 0.1) is 12.1 Å². The van der Waals surface area contributed by atoms with Crippen molar-refractivity contribution in [3.63, 3.8) is 0 Å². The van der Waals surface area contributed by atoms with Crippen LogP contribution >= 0.6 is 0 Å². The number of ether oxygens (including phenoxy) is 1. The molecule has 1 unspecified atom stereocenters. The Balaban J connectivity index is 1.91. The Hall–Kier alpha value is -1.14. The van der Waals surface area contributed by atoms with E-state index in [4.69, 9.17) is 9.15 Å². The molecule has 2 N–H and O–H groups in total. The Morgan fingerprint density at radius 3 is 2.94 bits per heavy atom. The van der Waals surface area contributed by atoms with E-state index in [1.54, 1.807) is 0 Å². The van der Waals surface area contributed by atoms with Crippen LogP contribution in [0.2, 0.25) is 0 Å². The molecular weight excluding hydrogens is 220 g/mol. The van der Waals surface area contributed by atoms with Gasteiger partial charge in [0.15, 0.2) is 0 Å². The number of rotatable bonds is 4. The molecule has 6 nitrogen and oxygen atoms in total. The van der Waals surface area contributed by atoms with E-state index >= 15 is 0 Å². The number of nitrogens with one attached hydrogen (secondary N) is 2. The van der Waals surface area contributed by atoms with E-state index in [9.17, 15) is 0 Å². The molecule has 1 fully saturated rings. The summed E-state index contributed by atoms with van der Waals surface area (Å²) in [5.41, 5.74) is -0.0796. The second-order valence-corrected chi connectivity index (χ2v) is 4.97. The molecule has 1 aromatic rings. The molecule has 1 aliphatic heterocycles. The third-order valence-electron chi connectivity index (χ3n) is 2.82. The van der Waals surface area contributed by atoms with Gasteiger partial charge in [-0.05, 0) is 33.7 Å². The van der Waals surface area contributed by atoms with Crippen molar-refractivity contribution in [2.75, 3.05) is 19.0 Å². The van der Waals surface area contributed by atoms with Gasteiger partial charge in [-0.25, -0.2) is 0 Å². The molecule has 2 rings (SSSR count). The number of hydrogen-bond acceptors (Lipinski definition) is 6. The van der Waals surface area contributed by atoms with Crippen molar-refractivity contribution < 1.29 is 9.15 Å². The Labute approximate surface area is 101 Å². The summed E-state index contributed by atoms with van der Waals surface area (Å²) in [4.78, 5) is 0. The highest BCUT2D eigenvalue weighted by atomic mass is 16.5. The second-order valence-electron chi connectivity index (χ2n) is 4.97. The van der Waals surface area contributed by atoms with Crippen LogP contribution in [0, 0.1) is 0 Å². The van der Waals surface area contributed by atoms with Crippen molar-refractivity contribution in [1.82, 2.24) is 15.5 Å². The first-order valence-electron chi connectivity index (χ1n) is 5.96. The molecule has 17 heavy (non-hydrogen) atoms. The van der Waals surface area contributed by atoms with Gasteiger partial charge in [0.2, 0.25) is 5.89 Å². The summed E-state index contributed by atoms with van der Waals surface area (Å²) < 4.78 is 11.1. The average molecular weight is 240 g/mol. The predicted molar refractivity (Wildman–Crippen MR) is 63.7 cm³/mol. The van der Waals surface area contributed by atoms with Crippen LogP contribution in [0.5, 0.6) is 0 Å². The van der Waals surface area contributed by atoms with Gasteiger partial charge in [-0.3, -0.25) is 0 Å². The topological polar surface area (TPSA) is 72.2 Å². The lowest BCUT2D eigenvalue weighted by Gasteiger charge is -2.35. The minimum absolute atomic E-state index is 0.0796. The molecule has 6 heteroatoms. The van der Waals surface area contributed by atoms with Gasteiger partial charge in [-0.1, -0.05) is 5.10 Å². The van der Waals surface area contributed by atoms with Crippen molar-refractivity contribution in [3.8, 4) is 0 Å². The lowest BCUT2D eigenvalue weighted by atomic mass is 9.94. The predicted octanol–water partition coefficient (Wildman–Crippen LogP) is 1.16. The number of nitrogens with zero attached hydrogens (tertiary/aromatic N) is 2. The van der Waals surface area contributed by atoms with Crippen LogP contribution in [0.25, 0.3) is 0 Å². The SMILES string of the molecule is CNCc1nnc(NC2CCOC(C)(C)C2)o1. The fourth-order valence-corrected chi connectivity index (χ4v) is 2.06. The third kappa shape index (κ3) is 3.41. The molecule has 2 heterocycles. The maximum absolute atomic E-state index is 5.66. The molecule has 0 radical (unpaired) electrons. The highest BCUT2D eigenvalue weighted by Gasteiger charge is 2.29. The van der Waals surface area contributed by atoms with Crippen molar-refractivity contribution in [3.05, 3.63) is 5.89 Å². The van der Waals surface area contributed by atoms with E-state index in [1.807, 2.05) is 7.05 Å². The van der Waals surface area contributed by atoms with Gasteiger partial charge in [-0.2, -0.15) is 0 Å². The van der Waals surface area contributed by atoms with Crippen LogP contribution in [0.15, 0.2) is 4.42 Å². The van der Waals surface area contributed by atoms with Crippen LogP contribution < -0.4 is 10.6 Å². The lowest BCUT2D eigenvalue weighted by Crippen LogP contribution is -2.40. The van der Waals surface area contributed by atoms with Gasteiger partial charge >= 0.3 is 6.01 Å². The Kier molecular flexibility index (Phi) is 3.63. The van der Waals surface area contributed by atoms with E-state index in [1.165, 1.54) is 0 Å². The van der Waals surface area contributed by atoms with Crippen molar-refractivity contribution in [2.24, 2.45) is 0 Å². The monoisotopic (exact) mass is 240 g/mol. The second kappa shape index (κ2) is 5.01. The molecule has 0 saturated carbocycles. The Bertz CT molecular complexity index is 364. The van der Waals surface area contributed by atoms with Gasteiger partial charge < -0.3 is 19.8 Å². The zero-order valence-electron chi connectivity index (χ0n) is 10.6. The zero-order valence-corrected chi connectivity index (χ0v) is 10.6. The van der Waals surface area contributed by atoms with E-state index in [0.29, 0.717) is 24.5 Å². The summed E-state index contributed by atoms with van der Waals surface area (Å²) in [6, 6.07) is 0.833. The van der Waals surface area contributed by atoms with Crippen molar-refractivity contribution >= 4 is 6.01 Å². The quantitative estimate of drug-likeness (QED) is 0.822. The maximum atomic E-state index is 5.66. The van der Waals surface area contributed by atoms with Crippen LogP contribution in [0.3, 0.4) is 0 Å². The van der Waals surface area contributed by atoms with Crippen LogP contribution in [-0.2, 0) is 11.3 Å². The van der Waals surface area contributed by atoms with Gasteiger partial charge in [0.25, 0.3) is 0 Å². The molecule has 1 aliphatic rings. The largest absolute Gasteiger partial charge is 0.407 e. The highest BCUT2D eigenvalue weighted by Crippen LogP contribution is 2.25. The molecule has 0 amide bonds. The Morgan fingerprint density at radius 2 is 2.24 bits per heavy atom. The molecule has 0 aliphatic carbocycles. The molecule has 1 aromatic heterocycles. The fourth-order valence-electron chi connectivity index (χ4n) is 2.06. The normalized spacial score (nSPS) is 23.6. The van der Waals surface area contributed by atoms with E-state index in [2.05, 4.69) is 34.7 Å². The summed E-state index contributed by atoms with van der Waals surface area (Å²) in [5, 5.41) is 14.1. The maximum Gasteiger partial charge on any atom is 0.315 e. The van der Waals surface area contributed by atoms with Gasteiger partial charge in [0, 0.05) is 12.6 Å². The summed E-state index contributed by atoms with van der Waals surface area (Å²) in [5.74, 6) is 0.598. The molecule has 1 saturated heterocycles. The highest BCUT2D eigenvalue weighted by molar-refractivity contribution is 5.20. The molecule has 1 atom stereocenters. The molecule has 0 bridgehead atoms. The van der Waals surface area contributed by atoms with Crippen molar-refractivity contribution in [2.45, 2.75) is 44.9 Å². The van der Waals surface area contributed by atoms with Gasteiger partial charge in [-0.15, -0.1) is 5.10 Å². The number of aromatic nitrogens is 2. The van der Waals surface area contributed by atoms with Crippen LogP contribution in [0.4, 0.5) is 6.01 Å². The smallest absolute Gasteiger partial charge is 0.315 e. The van der Waals surface area contributed by atoms with E-state index in [-0.39, 0.29) is 5.60 Å². The first-order chi connectivity index (χ1) is 8.09.